The SMILES string of the molecule is CCCC(=O)OCc1cc(C#N)ccc1[C@@](CCCO)(c1ccc(F)cc1)N(C)C. The number of aliphatic hydroxyl groups excluding tert-OH is 1. The molecule has 160 valence electrons. The van der Waals surface area contributed by atoms with Crippen LogP contribution in [-0.2, 0) is 21.7 Å². The Morgan fingerprint density at radius 2 is 1.93 bits per heavy atom. The fraction of sp³-hybridized carbons (Fsp3) is 0.417. The minimum Gasteiger partial charge on any atom is -0.461 e. The quantitative estimate of drug-likeness (QED) is 0.594. The number of aliphatic hydroxyl groups is 1. The molecule has 0 fully saturated rings. The normalized spacial score (nSPS) is 13.0. The van der Waals surface area contributed by atoms with E-state index in [4.69, 9.17) is 4.74 Å². The van der Waals surface area contributed by atoms with Gasteiger partial charge in [0.25, 0.3) is 0 Å². The summed E-state index contributed by atoms with van der Waals surface area (Å²) in [5, 5.41) is 18.9. The Kier molecular flexibility index (Phi) is 8.52. The molecule has 0 aliphatic heterocycles. The first-order valence-corrected chi connectivity index (χ1v) is 10.1. The molecule has 0 aliphatic rings. The van der Waals surface area contributed by atoms with Crippen molar-refractivity contribution in [3.63, 3.8) is 0 Å². The summed E-state index contributed by atoms with van der Waals surface area (Å²) in [7, 11) is 3.84. The Labute approximate surface area is 177 Å². The molecule has 30 heavy (non-hydrogen) atoms. The van der Waals surface area contributed by atoms with E-state index >= 15 is 0 Å². The van der Waals surface area contributed by atoms with Gasteiger partial charge in [-0.2, -0.15) is 5.26 Å². The van der Waals surface area contributed by atoms with E-state index < -0.39 is 5.54 Å². The summed E-state index contributed by atoms with van der Waals surface area (Å²) in [6.45, 7) is 1.96. The molecule has 0 amide bonds. The van der Waals surface area contributed by atoms with E-state index in [-0.39, 0.29) is 25.0 Å². The van der Waals surface area contributed by atoms with Crippen LogP contribution in [-0.4, -0.2) is 36.7 Å². The van der Waals surface area contributed by atoms with Crippen LogP contribution in [0.15, 0.2) is 42.5 Å². The van der Waals surface area contributed by atoms with Crippen molar-refractivity contribution >= 4 is 5.97 Å². The van der Waals surface area contributed by atoms with Gasteiger partial charge >= 0.3 is 5.97 Å². The van der Waals surface area contributed by atoms with Crippen LogP contribution < -0.4 is 0 Å². The van der Waals surface area contributed by atoms with E-state index in [0.29, 0.717) is 31.2 Å². The molecular formula is C24H29FN2O3. The van der Waals surface area contributed by atoms with Gasteiger partial charge in [0.05, 0.1) is 17.2 Å². The third kappa shape index (κ3) is 5.24. The smallest absolute Gasteiger partial charge is 0.306 e. The van der Waals surface area contributed by atoms with Crippen molar-refractivity contribution in [2.24, 2.45) is 0 Å². The maximum absolute atomic E-state index is 13.6. The predicted molar refractivity (Wildman–Crippen MR) is 113 cm³/mol. The van der Waals surface area contributed by atoms with Gasteiger partial charge < -0.3 is 9.84 Å². The molecule has 0 unspecified atom stereocenters. The molecule has 6 heteroatoms. The molecule has 0 aromatic heterocycles. The number of esters is 1. The van der Waals surface area contributed by atoms with E-state index in [0.717, 1.165) is 16.7 Å². The number of benzene rings is 2. The van der Waals surface area contributed by atoms with Crippen molar-refractivity contribution in [1.82, 2.24) is 4.90 Å². The van der Waals surface area contributed by atoms with Crippen molar-refractivity contribution in [2.75, 3.05) is 20.7 Å². The van der Waals surface area contributed by atoms with Crippen molar-refractivity contribution < 1.29 is 19.0 Å². The Bertz CT molecular complexity index is 890. The molecule has 0 saturated carbocycles. The summed E-state index contributed by atoms with van der Waals surface area (Å²) in [5.41, 5.74) is 2.20. The van der Waals surface area contributed by atoms with Crippen LogP contribution in [0.25, 0.3) is 0 Å². The summed E-state index contributed by atoms with van der Waals surface area (Å²) in [5.74, 6) is -0.625. The molecule has 2 rings (SSSR count). The minimum atomic E-state index is -0.698. The zero-order valence-electron chi connectivity index (χ0n) is 17.8. The average molecular weight is 413 g/mol. The Morgan fingerprint density at radius 3 is 2.50 bits per heavy atom. The summed E-state index contributed by atoms with van der Waals surface area (Å²) in [4.78, 5) is 14.0. The Morgan fingerprint density at radius 1 is 1.23 bits per heavy atom. The summed E-state index contributed by atoms with van der Waals surface area (Å²) in [6.07, 6.45) is 2.10. The fourth-order valence-electron chi connectivity index (χ4n) is 3.84. The first kappa shape index (κ1) is 23.5. The second-order valence-electron chi connectivity index (χ2n) is 7.48. The largest absolute Gasteiger partial charge is 0.461 e. The molecular weight excluding hydrogens is 383 g/mol. The van der Waals surface area contributed by atoms with Crippen molar-refractivity contribution in [3.05, 3.63) is 70.5 Å². The van der Waals surface area contributed by atoms with Gasteiger partial charge in [0.15, 0.2) is 0 Å². The lowest BCUT2D eigenvalue weighted by Crippen LogP contribution is -2.43. The molecule has 2 aromatic carbocycles. The highest BCUT2D eigenvalue weighted by atomic mass is 19.1. The van der Waals surface area contributed by atoms with Gasteiger partial charge in [-0.05, 0) is 74.3 Å². The van der Waals surface area contributed by atoms with Crippen LogP contribution in [0.1, 0.15) is 54.9 Å². The van der Waals surface area contributed by atoms with E-state index in [1.54, 1.807) is 24.3 Å². The lowest BCUT2D eigenvalue weighted by molar-refractivity contribution is -0.145. The monoisotopic (exact) mass is 412 g/mol. The second kappa shape index (κ2) is 10.9. The van der Waals surface area contributed by atoms with E-state index in [2.05, 4.69) is 6.07 Å². The topological polar surface area (TPSA) is 73.6 Å². The summed E-state index contributed by atoms with van der Waals surface area (Å²) in [6, 6.07) is 13.8. The maximum atomic E-state index is 13.6. The van der Waals surface area contributed by atoms with Crippen LogP contribution in [0.2, 0.25) is 0 Å². The predicted octanol–water partition coefficient (Wildman–Crippen LogP) is 4.12. The molecule has 0 radical (unpaired) electrons. The molecule has 1 atom stereocenters. The number of nitriles is 1. The zero-order valence-corrected chi connectivity index (χ0v) is 17.8. The summed E-state index contributed by atoms with van der Waals surface area (Å²) < 4.78 is 19.1. The Balaban J connectivity index is 2.65. The average Bonchev–Trinajstić information content (AvgIpc) is 2.74. The van der Waals surface area contributed by atoms with Crippen molar-refractivity contribution in [2.45, 2.75) is 44.8 Å². The van der Waals surface area contributed by atoms with Crippen molar-refractivity contribution in [3.8, 4) is 6.07 Å². The molecule has 0 bridgehead atoms. The Hall–Kier alpha value is -2.75. The highest BCUT2D eigenvalue weighted by Gasteiger charge is 2.38. The number of hydrogen-bond donors (Lipinski definition) is 1. The lowest BCUT2D eigenvalue weighted by Gasteiger charge is -2.42. The summed E-state index contributed by atoms with van der Waals surface area (Å²) >= 11 is 0. The number of carbonyl (C=O) groups is 1. The minimum absolute atomic E-state index is 0.00782. The van der Waals surface area contributed by atoms with Gasteiger partial charge in [0.2, 0.25) is 0 Å². The molecule has 0 saturated heterocycles. The van der Waals surface area contributed by atoms with Crippen LogP contribution in [0.3, 0.4) is 0 Å². The van der Waals surface area contributed by atoms with Gasteiger partial charge in [-0.1, -0.05) is 25.1 Å². The van der Waals surface area contributed by atoms with Gasteiger partial charge in [-0.15, -0.1) is 0 Å². The number of rotatable bonds is 10. The first-order valence-electron chi connectivity index (χ1n) is 10.1. The van der Waals surface area contributed by atoms with Crippen LogP contribution in [0.4, 0.5) is 4.39 Å². The second-order valence-corrected chi connectivity index (χ2v) is 7.48. The number of hydrogen-bond acceptors (Lipinski definition) is 5. The number of carbonyl (C=O) groups excluding carboxylic acids is 1. The number of nitrogens with zero attached hydrogens (tertiary/aromatic N) is 2. The first-order chi connectivity index (χ1) is 14.4. The molecule has 0 heterocycles. The highest BCUT2D eigenvalue weighted by molar-refractivity contribution is 5.69. The third-order valence-corrected chi connectivity index (χ3v) is 5.30. The van der Waals surface area contributed by atoms with Gasteiger partial charge in [0, 0.05) is 13.0 Å². The standard InChI is InChI=1S/C24H29FN2O3/c1-4-6-23(29)30-17-19-15-18(16-26)7-12-22(19)24(27(2)3,13-5-14-28)20-8-10-21(25)11-9-20/h7-12,15,28H,4-6,13-14,17H2,1-3H3/t24-/m1/s1. The maximum Gasteiger partial charge on any atom is 0.306 e. The molecule has 0 spiro atoms. The molecule has 0 aliphatic carbocycles. The lowest BCUT2D eigenvalue weighted by atomic mass is 9.76. The van der Waals surface area contributed by atoms with Gasteiger partial charge in [-0.3, -0.25) is 9.69 Å². The number of halogens is 1. The molecule has 1 N–H and O–H groups in total. The highest BCUT2D eigenvalue weighted by Crippen LogP contribution is 2.41. The molecule has 2 aromatic rings. The number of ether oxygens (including phenoxy) is 1. The van der Waals surface area contributed by atoms with Crippen LogP contribution in [0.5, 0.6) is 0 Å². The van der Waals surface area contributed by atoms with Crippen molar-refractivity contribution in [1.29, 1.82) is 5.26 Å². The third-order valence-electron chi connectivity index (χ3n) is 5.30. The van der Waals surface area contributed by atoms with Gasteiger partial charge in [-0.25, -0.2) is 4.39 Å². The zero-order chi connectivity index (χ0) is 22.1. The van der Waals surface area contributed by atoms with E-state index in [1.165, 1.54) is 12.1 Å². The van der Waals surface area contributed by atoms with E-state index in [1.807, 2.05) is 32.0 Å². The van der Waals surface area contributed by atoms with Crippen LogP contribution in [0, 0.1) is 17.1 Å². The van der Waals surface area contributed by atoms with Gasteiger partial charge in [0.1, 0.15) is 12.4 Å². The molecule has 5 nitrogen and oxygen atoms in total. The fourth-order valence-corrected chi connectivity index (χ4v) is 3.84. The van der Waals surface area contributed by atoms with E-state index in [9.17, 15) is 19.6 Å². The van der Waals surface area contributed by atoms with Crippen LogP contribution >= 0.6 is 0 Å².